The minimum atomic E-state index is 0.274. The van der Waals surface area contributed by atoms with Crippen molar-refractivity contribution < 1.29 is 9.47 Å². The van der Waals surface area contributed by atoms with Gasteiger partial charge in [0.25, 0.3) is 0 Å². The van der Waals surface area contributed by atoms with Gasteiger partial charge in [-0.3, -0.25) is 0 Å². The summed E-state index contributed by atoms with van der Waals surface area (Å²) in [6.07, 6.45) is 3.37. The molecule has 3 heterocycles. The number of aryl methyl sites for hydroxylation is 2. The minimum absolute atomic E-state index is 0.274. The predicted octanol–water partition coefficient (Wildman–Crippen LogP) is 3.77. The third kappa shape index (κ3) is 2.81. The SMILES string of the molecule is Cc1ccc(C)c(-n2ncc3c(NCc4ccc5c(c4)OCO5)ncnc32)c1. The zero-order valence-corrected chi connectivity index (χ0v) is 15.6. The van der Waals surface area contributed by atoms with E-state index in [1.807, 2.05) is 22.9 Å². The molecule has 4 aromatic rings. The Morgan fingerprint density at radius 3 is 2.86 bits per heavy atom. The van der Waals surface area contributed by atoms with Gasteiger partial charge in [-0.1, -0.05) is 18.2 Å². The molecule has 0 bridgehead atoms. The van der Waals surface area contributed by atoms with Gasteiger partial charge in [-0.2, -0.15) is 5.10 Å². The van der Waals surface area contributed by atoms with Gasteiger partial charge in [0.15, 0.2) is 17.1 Å². The van der Waals surface area contributed by atoms with Crippen molar-refractivity contribution in [2.45, 2.75) is 20.4 Å². The van der Waals surface area contributed by atoms with E-state index in [0.29, 0.717) is 6.54 Å². The maximum atomic E-state index is 5.45. The van der Waals surface area contributed by atoms with Crippen LogP contribution in [0, 0.1) is 13.8 Å². The fourth-order valence-corrected chi connectivity index (χ4v) is 3.35. The molecule has 1 N–H and O–H groups in total. The Kier molecular flexibility index (Phi) is 3.86. The quantitative estimate of drug-likeness (QED) is 0.587. The van der Waals surface area contributed by atoms with Gasteiger partial charge in [-0.05, 0) is 48.7 Å². The molecule has 0 atom stereocenters. The average molecular weight is 373 g/mol. The Morgan fingerprint density at radius 2 is 1.93 bits per heavy atom. The standard InChI is InChI=1S/C21H19N5O2/c1-13-3-4-14(2)17(7-13)26-21-16(10-25-26)20(23-11-24-21)22-9-15-5-6-18-19(8-15)28-12-27-18/h3-8,10-11H,9,12H2,1-2H3,(H,22,23,24). The highest BCUT2D eigenvalue weighted by Gasteiger charge is 2.15. The van der Waals surface area contributed by atoms with Gasteiger partial charge in [0.05, 0.1) is 17.3 Å². The number of hydrogen-bond donors (Lipinski definition) is 1. The van der Waals surface area contributed by atoms with Crippen LogP contribution in [0.2, 0.25) is 0 Å². The smallest absolute Gasteiger partial charge is 0.231 e. The lowest BCUT2D eigenvalue weighted by molar-refractivity contribution is 0.174. The van der Waals surface area contributed by atoms with E-state index in [-0.39, 0.29) is 6.79 Å². The number of ether oxygens (including phenoxy) is 2. The van der Waals surface area contributed by atoms with Crippen LogP contribution >= 0.6 is 0 Å². The fourth-order valence-electron chi connectivity index (χ4n) is 3.35. The highest BCUT2D eigenvalue weighted by Crippen LogP contribution is 2.33. The zero-order chi connectivity index (χ0) is 19.1. The van der Waals surface area contributed by atoms with Crippen LogP contribution in [-0.2, 0) is 6.54 Å². The molecule has 0 aliphatic carbocycles. The summed E-state index contributed by atoms with van der Waals surface area (Å²) in [6, 6.07) is 12.2. The molecule has 0 saturated heterocycles. The lowest BCUT2D eigenvalue weighted by Crippen LogP contribution is -2.04. The molecule has 7 nitrogen and oxygen atoms in total. The maximum Gasteiger partial charge on any atom is 0.231 e. The number of aromatic nitrogens is 4. The van der Waals surface area contributed by atoms with Crippen LogP contribution in [-0.4, -0.2) is 26.5 Å². The number of nitrogens with one attached hydrogen (secondary N) is 1. The van der Waals surface area contributed by atoms with Crippen LogP contribution < -0.4 is 14.8 Å². The van der Waals surface area contributed by atoms with Crippen molar-refractivity contribution in [2.24, 2.45) is 0 Å². The molecular weight excluding hydrogens is 354 g/mol. The first kappa shape index (κ1) is 16.6. The summed E-state index contributed by atoms with van der Waals surface area (Å²) in [4.78, 5) is 8.87. The second-order valence-corrected chi connectivity index (χ2v) is 6.85. The second-order valence-electron chi connectivity index (χ2n) is 6.85. The average Bonchev–Trinajstić information content (AvgIpc) is 3.34. The van der Waals surface area contributed by atoms with Gasteiger partial charge in [0, 0.05) is 6.54 Å². The Bertz CT molecular complexity index is 1180. The second kappa shape index (κ2) is 6.53. The van der Waals surface area contributed by atoms with E-state index < -0.39 is 0 Å². The zero-order valence-electron chi connectivity index (χ0n) is 15.6. The summed E-state index contributed by atoms with van der Waals surface area (Å²) in [7, 11) is 0. The van der Waals surface area contributed by atoms with Gasteiger partial charge in [-0.25, -0.2) is 14.6 Å². The van der Waals surface area contributed by atoms with Crippen LogP contribution in [0.15, 0.2) is 48.9 Å². The van der Waals surface area contributed by atoms with Crippen LogP contribution in [0.1, 0.15) is 16.7 Å². The molecule has 1 aliphatic heterocycles. The number of hydrogen-bond acceptors (Lipinski definition) is 6. The van der Waals surface area contributed by atoms with Crippen molar-refractivity contribution in [3.63, 3.8) is 0 Å². The molecule has 0 amide bonds. The molecule has 2 aromatic heterocycles. The molecule has 7 heteroatoms. The molecule has 1 aliphatic rings. The fraction of sp³-hybridized carbons (Fsp3) is 0.190. The van der Waals surface area contributed by atoms with Crippen molar-refractivity contribution in [2.75, 3.05) is 12.1 Å². The molecule has 0 fully saturated rings. The van der Waals surface area contributed by atoms with Crippen LogP contribution in [0.3, 0.4) is 0 Å². The largest absolute Gasteiger partial charge is 0.454 e. The van der Waals surface area contributed by atoms with Gasteiger partial charge in [-0.15, -0.1) is 0 Å². The number of fused-ring (bicyclic) bond motifs is 2. The lowest BCUT2D eigenvalue weighted by atomic mass is 10.1. The third-order valence-electron chi connectivity index (χ3n) is 4.86. The maximum absolute atomic E-state index is 5.45. The third-order valence-corrected chi connectivity index (χ3v) is 4.86. The monoisotopic (exact) mass is 373 g/mol. The number of rotatable bonds is 4. The summed E-state index contributed by atoms with van der Waals surface area (Å²) in [5, 5.41) is 8.83. The predicted molar refractivity (Wildman–Crippen MR) is 106 cm³/mol. The van der Waals surface area contributed by atoms with Crippen LogP contribution in [0.25, 0.3) is 16.7 Å². The summed E-state index contributed by atoms with van der Waals surface area (Å²) in [5.41, 5.74) is 5.20. The Morgan fingerprint density at radius 1 is 1.04 bits per heavy atom. The number of benzene rings is 2. The van der Waals surface area contributed by atoms with E-state index in [4.69, 9.17) is 9.47 Å². The van der Waals surface area contributed by atoms with Gasteiger partial charge < -0.3 is 14.8 Å². The molecule has 5 rings (SSSR count). The summed E-state index contributed by atoms with van der Waals surface area (Å²) in [5.74, 6) is 2.30. The number of anilines is 1. The molecule has 0 spiro atoms. The Hall–Kier alpha value is -3.61. The highest BCUT2D eigenvalue weighted by molar-refractivity contribution is 5.87. The van der Waals surface area contributed by atoms with Crippen molar-refractivity contribution in [3.05, 3.63) is 65.6 Å². The summed E-state index contributed by atoms with van der Waals surface area (Å²) in [6.45, 7) is 5.03. The first-order valence-corrected chi connectivity index (χ1v) is 9.08. The van der Waals surface area contributed by atoms with E-state index in [0.717, 1.165) is 45.2 Å². The molecule has 0 radical (unpaired) electrons. The molecule has 28 heavy (non-hydrogen) atoms. The first-order chi connectivity index (χ1) is 13.7. The molecule has 0 saturated carbocycles. The van der Waals surface area contributed by atoms with Gasteiger partial charge >= 0.3 is 0 Å². The van der Waals surface area contributed by atoms with E-state index in [1.54, 1.807) is 12.5 Å². The lowest BCUT2D eigenvalue weighted by Gasteiger charge is -2.09. The molecule has 2 aromatic carbocycles. The summed E-state index contributed by atoms with van der Waals surface area (Å²) < 4.78 is 12.7. The van der Waals surface area contributed by atoms with E-state index in [2.05, 4.69) is 52.4 Å². The molecular formula is C21H19N5O2. The van der Waals surface area contributed by atoms with Crippen LogP contribution in [0.5, 0.6) is 11.5 Å². The van der Waals surface area contributed by atoms with Gasteiger partial charge in [0.1, 0.15) is 12.1 Å². The number of nitrogens with zero attached hydrogens (tertiary/aromatic N) is 4. The normalized spacial score (nSPS) is 12.5. The van der Waals surface area contributed by atoms with Crippen LogP contribution in [0.4, 0.5) is 5.82 Å². The van der Waals surface area contributed by atoms with Crippen molar-refractivity contribution in [3.8, 4) is 17.2 Å². The van der Waals surface area contributed by atoms with Crippen molar-refractivity contribution in [1.29, 1.82) is 0 Å². The minimum Gasteiger partial charge on any atom is -0.454 e. The topological polar surface area (TPSA) is 74.1 Å². The summed E-state index contributed by atoms with van der Waals surface area (Å²) >= 11 is 0. The Balaban J connectivity index is 1.46. The van der Waals surface area contributed by atoms with E-state index in [1.165, 1.54) is 5.56 Å². The van der Waals surface area contributed by atoms with Crippen molar-refractivity contribution >= 4 is 16.9 Å². The Labute approximate surface area is 162 Å². The molecule has 140 valence electrons. The van der Waals surface area contributed by atoms with Crippen molar-refractivity contribution in [1.82, 2.24) is 19.7 Å². The van der Waals surface area contributed by atoms with E-state index in [9.17, 15) is 0 Å². The highest BCUT2D eigenvalue weighted by atomic mass is 16.7. The first-order valence-electron chi connectivity index (χ1n) is 9.08. The van der Waals surface area contributed by atoms with E-state index >= 15 is 0 Å². The van der Waals surface area contributed by atoms with Gasteiger partial charge in [0.2, 0.25) is 6.79 Å². The molecule has 0 unspecified atom stereocenters.